The molecule has 0 unspecified atom stereocenters. The molecule has 0 spiro atoms. The molecular formula is C19H19FN4O4. The number of hydrogen-bond donors (Lipinski definition) is 2. The monoisotopic (exact) mass is 386 g/mol. The minimum absolute atomic E-state index is 0.0179. The molecule has 9 heteroatoms. The van der Waals surface area contributed by atoms with Gasteiger partial charge in [0.05, 0.1) is 32.0 Å². The van der Waals surface area contributed by atoms with E-state index in [4.69, 9.17) is 14.2 Å². The third-order valence-electron chi connectivity index (χ3n) is 3.82. The second kappa shape index (κ2) is 8.38. The van der Waals surface area contributed by atoms with Gasteiger partial charge in [-0.05, 0) is 31.2 Å². The zero-order valence-electron chi connectivity index (χ0n) is 15.6. The molecule has 3 rings (SSSR count). The first-order valence-electron chi connectivity index (χ1n) is 8.43. The van der Waals surface area contributed by atoms with Gasteiger partial charge in [0, 0.05) is 23.3 Å². The van der Waals surface area contributed by atoms with E-state index in [0.29, 0.717) is 28.7 Å². The van der Waals surface area contributed by atoms with Crippen molar-refractivity contribution in [3.05, 3.63) is 42.3 Å². The molecule has 146 valence electrons. The SMILES string of the molecule is CCOC(=O)Nc1cc(Nc2ncc3cc(OC)c(OC)cc3n2)ccc1F. The molecule has 8 nitrogen and oxygen atoms in total. The van der Waals surface area contributed by atoms with Crippen LogP contribution in [0.15, 0.2) is 36.5 Å². The van der Waals surface area contributed by atoms with Gasteiger partial charge in [-0.3, -0.25) is 5.32 Å². The number of halogens is 1. The number of carbonyl (C=O) groups excluding carboxylic acids is 1. The van der Waals surface area contributed by atoms with Crippen molar-refractivity contribution in [3.63, 3.8) is 0 Å². The van der Waals surface area contributed by atoms with E-state index in [1.807, 2.05) is 0 Å². The number of anilines is 3. The summed E-state index contributed by atoms with van der Waals surface area (Å²) in [5, 5.41) is 6.10. The Morgan fingerprint density at radius 3 is 2.61 bits per heavy atom. The van der Waals surface area contributed by atoms with Crippen molar-refractivity contribution in [1.82, 2.24) is 9.97 Å². The lowest BCUT2D eigenvalue weighted by Crippen LogP contribution is -2.14. The summed E-state index contributed by atoms with van der Waals surface area (Å²) >= 11 is 0. The number of aromatic nitrogens is 2. The highest BCUT2D eigenvalue weighted by Gasteiger charge is 2.11. The van der Waals surface area contributed by atoms with Gasteiger partial charge in [0.2, 0.25) is 5.95 Å². The molecule has 0 bridgehead atoms. The number of rotatable bonds is 6. The van der Waals surface area contributed by atoms with E-state index in [2.05, 4.69) is 20.6 Å². The zero-order valence-corrected chi connectivity index (χ0v) is 15.6. The molecule has 2 N–H and O–H groups in total. The maximum Gasteiger partial charge on any atom is 0.411 e. The van der Waals surface area contributed by atoms with Crippen LogP contribution in [0.1, 0.15) is 6.92 Å². The van der Waals surface area contributed by atoms with E-state index >= 15 is 0 Å². The summed E-state index contributed by atoms with van der Waals surface area (Å²) in [6.07, 6.45) is 0.898. The molecule has 28 heavy (non-hydrogen) atoms. The molecule has 3 aromatic rings. The van der Waals surface area contributed by atoms with Crippen molar-refractivity contribution >= 4 is 34.3 Å². The second-order valence-corrected chi connectivity index (χ2v) is 5.62. The number of amides is 1. The van der Waals surface area contributed by atoms with E-state index in [0.717, 1.165) is 5.39 Å². The molecule has 0 saturated carbocycles. The first kappa shape index (κ1) is 19.2. The highest BCUT2D eigenvalue weighted by molar-refractivity contribution is 5.86. The molecule has 2 aromatic carbocycles. The van der Waals surface area contributed by atoms with Gasteiger partial charge in [0.15, 0.2) is 11.5 Å². The number of nitrogens with zero attached hydrogens (tertiary/aromatic N) is 2. The van der Waals surface area contributed by atoms with Gasteiger partial charge in [-0.25, -0.2) is 19.2 Å². The molecule has 1 heterocycles. The van der Waals surface area contributed by atoms with Crippen LogP contribution in [0.2, 0.25) is 0 Å². The van der Waals surface area contributed by atoms with Crippen LogP contribution in [0.5, 0.6) is 11.5 Å². The van der Waals surface area contributed by atoms with E-state index in [1.54, 1.807) is 39.5 Å². The molecule has 0 aliphatic rings. The molecule has 0 aliphatic heterocycles. The van der Waals surface area contributed by atoms with Crippen molar-refractivity contribution in [2.75, 3.05) is 31.5 Å². The molecule has 1 aromatic heterocycles. The summed E-state index contributed by atoms with van der Waals surface area (Å²) in [5.41, 5.74) is 1.12. The smallest absolute Gasteiger partial charge is 0.411 e. The molecule has 0 aliphatic carbocycles. The highest BCUT2D eigenvalue weighted by atomic mass is 19.1. The van der Waals surface area contributed by atoms with Crippen LogP contribution < -0.4 is 20.1 Å². The summed E-state index contributed by atoms with van der Waals surface area (Å²) in [5.74, 6) is 0.832. The number of methoxy groups -OCH3 is 2. The Bertz CT molecular complexity index is 1010. The summed E-state index contributed by atoms with van der Waals surface area (Å²) < 4.78 is 29.2. The Hall–Kier alpha value is -3.62. The van der Waals surface area contributed by atoms with Crippen LogP contribution in [0.4, 0.5) is 26.5 Å². The molecule has 0 saturated heterocycles. The maximum atomic E-state index is 13.9. The topological polar surface area (TPSA) is 94.6 Å². The molecular weight excluding hydrogens is 367 g/mol. The minimum atomic E-state index is -0.735. The zero-order chi connectivity index (χ0) is 20.1. The van der Waals surface area contributed by atoms with Crippen molar-refractivity contribution in [2.24, 2.45) is 0 Å². The average Bonchev–Trinajstić information content (AvgIpc) is 2.69. The third-order valence-corrected chi connectivity index (χ3v) is 3.82. The van der Waals surface area contributed by atoms with Gasteiger partial charge in [0.25, 0.3) is 0 Å². The Balaban J connectivity index is 1.86. The third kappa shape index (κ3) is 4.20. The standard InChI is InChI=1S/C19H19FN4O4/c1-4-28-19(25)24-15-8-12(5-6-13(15)20)22-18-21-10-11-7-16(26-2)17(27-3)9-14(11)23-18/h5-10H,4H2,1-3H3,(H,24,25)(H,21,22,23). The fourth-order valence-electron chi connectivity index (χ4n) is 2.52. The van der Waals surface area contributed by atoms with Gasteiger partial charge < -0.3 is 19.5 Å². The first-order chi connectivity index (χ1) is 13.5. The molecule has 0 atom stereocenters. The molecule has 0 radical (unpaired) electrons. The Labute approximate surface area is 160 Å². The lowest BCUT2D eigenvalue weighted by molar-refractivity contribution is 0.168. The predicted octanol–water partition coefficient (Wildman–Crippen LogP) is 4.10. The molecule has 1 amide bonds. The number of benzene rings is 2. The maximum absolute atomic E-state index is 13.9. The van der Waals surface area contributed by atoms with Crippen LogP contribution in [0, 0.1) is 5.82 Å². The van der Waals surface area contributed by atoms with Crippen LogP contribution in [0.25, 0.3) is 10.9 Å². The van der Waals surface area contributed by atoms with Crippen LogP contribution in [-0.4, -0.2) is 36.9 Å². The Morgan fingerprint density at radius 1 is 1.14 bits per heavy atom. The summed E-state index contributed by atoms with van der Waals surface area (Å²) in [6, 6.07) is 7.66. The Kier molecular flexibility index (Phi) is 5.73. The Morgan fingerprint density at radius 2 is 1.89 bits per heavy atom. The number of hydrogen-bond acceptors (Lipinski definition) is 7. The van der Waals surface area contributed by atoms with Gasteiger partial charge >= 0.3 is 6.09 Å². The fourth-order valence-corrected chi connectivity index (χ4v) is 2.52. The molecule has 0 fully saturated rings. The number of carbonyl (C=O) groups is 1. The van der Waals surface area contributed by atoms with E-state index in [-0.39, 0.29) is 12.3 Å². The fraction of sp³-hybridized carbons (Fsp3) is 0.211. The lowest BCUT2D eigenvalue weighted by atomic mass is 10.2. The number of fused-ring (bicyclic) bond motifs is 1. The van der Waals surface area contributed by atoms with Crippen LogP contribution >= 0.6 is 0 Å². The normalized spacial score (nSPS) is 10.4. The largest absolute Gasteiger partial charge is 0.493 e. The minimum Gasteiger partial charge on any atom is -0.493 e. The number of nitrogens with one attached hydrogen (secondary N) is 2. The van der Waals surface area contributed by atoms with Crippen molar-refractivity contribution in [1.29, 1.82) is 0 Å². The van der Waals surface area contributed by atoms with Crippen molar-refractivity contribution in [2.45, 2.75) is 6.92 Å². The highest BCUT2D eigenvalue weighted by Crippen LogP contribution is 2.31. The average molecular weight is 386 g/mol. The quantitative estimate of drug-likeness (QED) is 0.659. The van der Waals surface area contributed by atoms with Crippen molar-refractivity contribution in [3.8, 4) is 11.5 Å². The van der Waals surface area contributed by atoms with E-state index < -0.39 is 11.9 Å². The first-order valence-corrected chi connectivity index (χ1v) is 8.43. The van der Waals surface area contributed by atoms with E-state index in [1.165, 1.54) is 18.2 Å². The summed E-state index contributed by atoms with van der Waals surface area (Å²) in [4.78, 5) is 20.2. The van der Waals surface area contributed by atoms with Gasteiger partial charge in [-0.1, -0.05) is 0 Å². The van der Waals surface area contributed by atoms with Gasteiger partial charge in [0.1, 0.15) is 5.82 Å². The second-order valence-electron chi connectivity index (χ2n) is 5.62. The van der Waals surface area contributed by atoms with Crippen LogP contribution in [-0.2, 0) is 4.74 Å². The van der Waals surface area contributed by atoms with Crippen molar-refractivity contribution < 1.29 is 23.4 Å². The summed E-state index contributed by atoms with van der Waals surface area (Å²) in [6.45, 7) is 1.85. The predicted molar refractivity (Wildman–Crippen MR) is 103 cm³/mol. The number of ether oxygens (including phenoxy) is 3. The van der Waals surface area contributed by atoms with Gasteiger partial charge in [-0.15, -0.1) is 0 Å². The summed E-state index contributed by atoms with van der Waals surface area (Å²) in [7, 11) is 3.09. The van der Waals surface area contributed by atoms with Crippen LogP contribution in [0.3, 0.4) is 0 Å². The van der Waals surface area contributed by atoms with Gasteiger partial charge in [-0.2, -0.15) is 0 Å². The lowest BCUT2D eigenvalue weighted by Gasteiger charge is -2.11. The van der Waals surface area contributed by atoms with E-state index in [9.17, 15) is 9.18 Å².